The molecule has 0 saturated carbocycles. The summed E-state index contributed by atoms with van der Waals surface area (Å²) in [5, 5.41) is 24.8. The van der Waals surface area contributed by atoms with Crippen LogP contribution in [0.15, 0.2) is 54.6 Å². The number of rotatable bonds is 0. The second-order valence-corrected chi connectivity index (χ2v) is 6.60. The Hall–Kier alpha value is -2.49. The van der Waals surface area contributed by atoms with Crippen LogP contribution >= 0.6 is 0 Å². The van der Waals surface area contributed by atoms with Crippen LogP contribution in [0.4, 0.5) is 0 Å². The van der Waals surface area contributed by atoms with E-state index in [0.29, 0.717) is 6.42 Å². The minimum Gasteiger partial charge on any atom is -0.390 e. The van der Waals surface area contributed by atoms with Crippen molar-refractivity contribution in [3.8, 4) is 0 Å². The van der Waals surface area contributed by atoms with Crippen molar-refractivity contribution in [2.75, 3.05) is 0 Å². The molecular weight excluding hydrogens is 298 g/mol. The fourth-order valence-corrected chi connectivity index (χ4v) is 3.91. The molecule has 0 bridgehead atoms. The summed E-state index contributed by atoms with van der Waals surface area (Å²) in [6.45, 7) is 0. The van der Waals surface area contributed by atoms with Crippen molar-refractivity contribution < 1.29 is 10.2 Å². The highest BCUT2D eigenvalue weighted by atomic mass is 16.3. The van der Waals surface area contributed by atoms with Crippen LogP contribution in [0.1, 0.15) is 23.7 Å². The molecule has 1 aliphatic carbocycles. The second kappa shape index (κ2) is 5.00. The van der Waals surface area contributed by atoms with Gasteiger partial charge in [0.05, 0.1) is 17.1 Å². The lowest BCUT2D eigenvalue weighted by Crippen LogP contribution is -2.25. The zero-order valence-electron chi connectivity index (χ0n) is 13.1. The smallest absolute Gasteiger partial charge is 0.105 e. The van der Waals surface area contributed by atoms with Crippen molar-refractivity contribution in [2.24, 2.45) is 0 Å². The fourth-order valence-electron chi connectivity index (χ4n) is 3.91. The van der Waals surface area contributed by atoms with Gasteiger partial charge in [-0.25, -0.2) is 4.98 Å². The molecule has 0 saturated heterocycles. The molecule has 3 aromatic carbocycles. The Bertz CT molecular complexity index is 1100. The highest BCUT2D eigenvalue weighted by molar-refractivity contribution is 6.08. The van der Waals surface area contributed by atoms with E-state index in [1.807, 2.05) is 24.3 Å². The number of benzene rings is 3. The van der Waals surface area contributed by atoms with E-state index < -0.39 is 12.2 Å². The van der Waals surface area contributed by atoms with Crippen LogP contribution in [0, 0.1) is 0 Å². The lowest BCUT2D eigenvalue weighted by Gasteiger charge is -2.27. The summed E-state index contributed by atoms with van der Waals surface area (Å²) in [5.41, 5.74) is 3.82. The van der Waals surface area contributed by atoms with E-state index in [-0.39, 0.29) is 0 Å². The molecule has 118 valence electrons. The van der Waals surface area contributed by atoms with Gasteiger partial charge in [0.25, 0.3) is 0 Å². The predicted molar refractivity (Wildman–Crippen MR) is 96.0 cm³/mol. The normalized spacial score (nSPS) is 20.6. The number of aliphatic hydroxyl groups excluding tert-OH is 2. The van der Waals surface area contributed by atoms with Crippen LogP contribution in [0.25, 0.3) is 32.6 Å². The maximum absolute atomic E-state index is 10.3. The Morgan fingerprint density at radius 2 is 1.58 bits per heavy atom. The molecule has 4 aromatic rings. The standard InChI is InChI=1S/C21H17NO2/c23-18-10-9-16-17(21(18)24)8-7-14-11-13-6-5-12-3-1-2-4-15(12)19(13)22-20(14)16/h1-8,11,18,21,23-24H,9-10H2/t18-,21-/m0/s1. The second-order valence-electron chi connectivity index (χ2n) is 6.60. The van der Waals surface area contributed by atoms with E-state index in [4.69, 9.17) is 4.98 Å². The van der Waals surface area contributed by atoms with Crippen molar-refractivity contribution >= 4 is 32.6 Å². The number of nitrogens with zero attached hydrogens (tertiary/aromatic N) is 1. The third-order valence-electron chi connectivity index (χ3n) is 5.19. The topological polar surface area (TPSA) is 53.4 Å². The molecule has 0 radical (unpaired) electrons. The quantitative estimate of drug-likeness (QED) is 0.382. The summed E-state index contributed by atoms with van der Waals surface area (Å²) in [6, 6.07) is 18.6. The van der Waals surface area contributed by atoms with Gasteiger partial charge in [0.15, 0.2) is 0 Å². The summed E-state index contributed by atoms with van der Waals surface area (Å²) >= 11 is 0. The summed E-state index contributed by atoms with van der Waals surface area (Å²) in [7, 11) is 0. The Kier molecular flexibility index (Phi) is 2.90. The van der Waals surface area contributed by atoms with Gasteiger partial charge in [0, 0.05) is 16.2 Å². The van der Waals surface area contributed by atoms with Gasteiger partial charge in [-0.3, -0.25) is 0 Å². The molecule has 0 amide bonds. The molecular formula is C21H17NO2. The summed E-state index contributed by atoms with van der Waals surface area (Å²) in [5.74, 6) is 0. The van der Waals surface area contributed by atoms with E-state index in [9.17, 15) is 10.2 Å². The van der Waals surface area contributed by atoms with Gasteiger partial charge in [-0.05, 0) is 35.4 Å². The molecule has 1 aromatic heterocycles. The first-order valence-electron chi connectivity index (χ1n) is 8.32. The molecule has 0 spiro atoms. The minimum atomic E-state index is -0.817. The SMILES string of the molecule is O[C@H]1CCc2c(ccc3cc4ccc5ccccc5c4nc23)[C@@H]1O. The van der Waals surface area contributed by atoms with E-state index in [1.54, 1.807) is 0 Å². The zero-order chi connectivity index (χ0) is 16.3. The van der Waals surface area contributed by atoms with Gasteiger partial charge in [-0.15, -0.1) is 0 Å². The van der Waals surface area contributed by atoms with Crippen molar-refractivity contribution in [3.05, 3.63) is 65.7 Å². The molecule has 3 nitrogen and oxygen atoms in total. The third kappa shape index (κ3) is 1.89. The number of aliphatic hydroxyl groups is 2. The summed E-state index contributed by atoms with van der Waals surface area (Å²) < 4.78 is 0. The predicted octanol–water partition coefficient (Wildman–Crippen LogP) is 3.88. The highest BCUT2D eigenvalue weighted by Gasteiger charge is 2.27. The van der Waals surface area contributed by atoms with Gasteiger partial charge in [0.1, 0.15) is 6.10 Å². The number of fused-ring (bicyclic) bond motifs is 6. The van der Waals surface area contributed by atoms with E-state index in [1.165, 1.54) is 5.39 Å². The van der Waals surface area contributed by atoms with Crippen molar-refractivity contribution in [1.82, 2.24) is 4.98 Å². The molecule has 2 atom stereocenters. The number of hydrogen-bond donors (Lipinski definition) is 2. The van der Waals surface area contributed by atoms with E-state index >= 15 is 0 Å². The molecule has 2 N–H and O–H groups in total. The lowest BCUT2D eigenvalue weighted by atomic mass is 9.85. The van der Waals surface area contributed by atoms with Gasteiger partial charge >= 0.3 is 0 Å². The van der Waals surface area contributed by atoms with Gasteiger partial charge in [0.2, 0.25) is 0 Å². The average Bonchev–Trinajstić information content (AvgIpc) is 2.63. The summed E-state index contributed by atoms with van der Waals surface area (Å²) in [4.78, 5) is 4.99. The maximum atomic E-state index is 10.3. The first-order chi connectivity index (χ1) is 11.7. The molecule has 5 rings (SSSR count). The lowest BCUT2D eigenvalue weighted by molar-refractivity contribution is 0.00673. The third-order valence-corrected chi connectivity index (χ3v) is 5.19. The monoisotopic (exact) mass is 315 g/mol. The molecule has 1 heterocycles. The number of aryl methyl sites for hydroxylation is 1. The largest absolute Gasteiger partial charge is 0.390 e. The first-order valence-corrected chi connectivity index (χ1v) is 8.32. The van der Waals surface area contributed by atoms with Crippen LogP contribution in [0.3, 0.4) is 0 Å². The number of aromatic nitrogens is 1. The molecule has 3 heteroatoms. The number of pyridine rings is 1. The van der Waals surface area contributed by atoms with Gasteiger partial charge in [-0.2, -0.15) is 0 Å². The van der Waals surface area contributed by atoms with Crippen LogP contribution < -0.4 is 0 Å². The van der Waals surface area contributed by atoms with Crippen LogP contribution in [-0.2, 0) is 6.42 Å². The van der Waals surface area contributed by atoms with E-state index in [0.717, 1.165) is 44.7 Å². The van der Waals surface area contributed by atoms with Gasteiger partial charge in [-0.1, -0.05) is 48.5 Å². The molecule has 1 aliphatic rings. The Morgan fingerprint density at radius 1 is 0.833 bits per heavy atom. The van der Waals surface area contributed by atoms with Crippen molar-refractivity contribution in [1.29, 1.82) is 0 Å². The first kappa shape index (κ1) is 13.9. The Labute approximate surface area is 139 Å². The zero-order valence-corrected chi connectivity index (χ0v) is 13.1. The highest BCUT2D eigenvalue weighted by Crippen LogP contribution is 2.36. The van der Waals surface area contributed by atoms with Crippen LogP contribution in [0.5, 0.6) is 0 Å². The van der Waals surface area contributed by atoms with E-state index in [2.05, 4.69) is 30.3 Å². The number of hydrogen-bond acceptors (Lipinski definition) is 3. The fraction of sp³-hybridized carbons (Fsp3) is 0.190. The average molecular weight is 315 g/mol. The van der Waals surface area contributed by atoms with Gasteiger partial charge < -0.3 is 10.2 Å². The Balaban J connectivity index is 1.89. The molecule has 24 heavy (non-hydrogen) atoms. The molecule has 0 fully saturated rings. The van der Waals surface area contributed by atoms with Crippen molar-refractivity contribution in [3.63, 3.8) is 0 Å². The van der Waals surface area contributed by atoms with Crippen LogP contribution in [-0.4, -0.2) is 21.3 Å². The van der Waals surface area contributed by atoms with Crippen molar-refractivity contribution in [2.45, 2.75) is 25.0 Å². The minimum absolute atomic E-state index is 0.572. The van der Waals surface area contributed by atoms with Crippen LogP contribution in [0.2, 0.25) is 0 Å². The maximum Gasteiger partial charge on any atom is 0.105 e. The molecule has 0 aliphatic heterocycles. The summed E-state index contributed by atoms with van der Waals surface area (Å²) in [6.07, 6.45) is -0.184. The molecule has 0 unspecified atom stereocenters. The Morgan fingerprint density at radius 3 is 2.50 bits per heavy atom.